The highest BCUT2D eigenvalue weighted by atomic mass is 127. The molecule has 9 heteroatoms. The quantitative estimate of drug-likeness (QED) is 0.337. The first-order valence-electron chi connectivity index (χ1n) is 9.87. The van der Waals surface area contributed by atoms with Crippen LogP contribution in [0.15, 0.2) is 29.3 Å². The number of nitrogens with one attached hydrogen (secondary N) is 2. The molecule has 1 amide bonds. The minimum atomic E-state index is -4.36. The highest BCUT2D eigenvalue weighted by molar-refractivity contribution is 14.0. The lowest BCUT2D eigenvalue weighted by atomic mass is 9.84. The molecule has 0 spiro atoms. The van der Waals surface area contributed by atoms with Gasteiger partial charge in [-0.2, -0.15) is 13.2 Å². The molecule has 2 rings (SSSR count). The summed E-state index contributed by atoms with van der Waals surface area (Å²) >= 11 is 0. The van der Waals surface area contributed by atoms with Gasteiger partial charge < -0.3 is 15.5 Å². The number of carbonyl (C=O) groups is 1. The van der Waals surface area contributed by atoms with Gasteiger partial charge in [0, 0.05) is 44.1 Å². The van der Waals surface area contributed by atoms with Crippen molar-refractivity contribution in [2.24, 2.45) is 10.9 Å². The summed E-state index contributed by atoms with van der Waals surface area (Å²) in [4.78, 5) is 18.2. The van der Waals surface area contributed by atoms with Gasteiger partial charge in [-0.25, -0.2) is 0 Å². The zero-order valence-corrected chi connectivity index (χ0v) is 20.5. The Balaban J connectivity index is 0.00000450. The number of halogens is 4. The SMILES string of the molecule is CN=C(NCC(C)(C)c1cccc(C(F)(F)F)c1)NC1CCN(C(=O)C(C)C)C1.I. The molecule has 5 nitrogen and oxygen atoms in total. The summed E-state index contributed by atoms with van der Waals surface area (Å²) in [7, 11) is 1.65. The van der Waals surface area contributed by atoms with E-state index in [2.05, 4.69) is 15.6 Å². The molecule has 1 heterocycles. The second kappa shape index (κ2) is 10.7. The van der Waals surface area contributed by atoms with Gasteiger partial charge in [0.15, 0.2) is 5.96 Å². The van der Waals surface area contributed by atoms with Gasteiger partial charge in [0.1, 0.15) is 0 Å². The van der Waals surface area contributed by atoms with Gasteiger partial charge >= 0.3 is 6.18 Å². The summed E-state index contributed by atoms with van der Waals surface area (Å²) in [6.07, 6.45) is -3.53. The summed E-state index contributed by atoms with van der Waals surface area (Å²) in [6.45, 7) is 9.30. The average Bonchev–Trinajstić information content (AvgIpc) is 3.12. The lowest BCUT2D eigenvalue weighted by Gasteiger charge is -2.28. The lowest BCUT2D eigenvalue weighted by Crippen LogP contribution is -2.48. The molecule has 1 fully saturated rings. The molecule has 0 aliphatic carbocycles. The van der Waals surface area contributed by atoms with Crippen molar-refractivity contribution in [2.75, 3.05) is 26.7 Å². The first-order valence-corrected chi connectivity index (χ1v) is 9.87. The zero-order chi connectivity index (χ0) is 21.8. The van der Waals surface area contributed by atoms with Crippen LogP contribution in [0.3, 0.4) is 0 Å². The molecule has 0 bridgehead atoms. The molecule has 0 radical (unpaired) electrons. The van der Waals surface area contributed by atoms with Crippen LogP contribution in [-0.4, -0.2) is 49.5 Å². The Hall–Kier alpha value is -1.52. The van der Waals surface area contributed by atoms with Crippen molar-refractivity contribution in [3.8, 4) is 0 Å². The Morgan fingerprint density at radius 3 is 2.47 bits per heavy atom. The molecule has 30 heavy (non-hydrogen) atoms. The van der Waals surface area contributed by atoms with Crippen LogP contribution in [0, 0.1) is 5.92 Å². The fourth-order valence-corrected chi connectivity index (χ4v) is 3.35. The maximum absolute atomic E-state index is 13.0. The first-order chi connectivity index (χ1) is 13.4. The van der Waals surface area contributed by atoms with E-state index < -0.39 is 17.2 Å². The van der Waals surface area contributed by atoms with E-state index in [1.807, 2.05) is 32.6 Å². The molecule has 0 aromatic heterocycles. The summed E-state index contributed by atoms with van der Waals surface area (Å²) in [5.74, 6) is 0.691. The Morgan fingerprint density at radius 2 is 1.90 bits per heavy atom. The van der Waals surface area contributed by atoms with E-state index >= 15 is 0 Å². The van der Waals surface area contributed by atoms with E-state index in [4.69, 9.17) is 0 Å². The molecule has 1 aliphatic heterocycles. The number of likely N-dealkylation sites (tertiary alicyclic amines) is 1. The largest absolute Gasteiger partial charge is 0.416 e. The van der Waals surface area contributed by atoms with E-state index in [-0.39, 0.29) is 41.8 Å². The molecule has 1 saturated heterocycles. The normalized spacial score (nSPS) is 17.7. The minimum absolute atomic E-state index is 0. The molecule has 1 atom stereocenters. The number of guanidine groups is 1. The number of benzene rings is 1. The number of carbonyl (C=O) groups excluding carboxylic acids is 1. The first kappa shape index (κ1) is 26.5. The maximum Gasteiger partial charge on any atom is 0.416 e. The van der Waals surface area contributed by atoms with Gasteiger partial charge in [-0.3, -0.25) is 9.79 Å². The summed E-state index contributed by atoms with van der Waals surface area (Å²) < 4.78 is 39.1. The van der Waals surface area contributed by atoms with E-state index in [0.29, 0.717) is 31.2 Å². The van der Waals surface area contributed by atoms with Crippen LogP contribution in [0.2, 0.25) is 0 Å². The van der Waals surface area contributed by atoms with Crippen LogP contribution in [0.1, 0.15) is 45.2 Å². The summed E-state index contributed by atoms with van der Waals surface area (Å²) in [5.41, 5.74) is -0.579. The number of rotatable bonds is 5. The van der Waals surface area contributed by atoms with Crippen LogP contribution >= 0.6 is 24.0 Å². The number of nitrogens with zero attached hydrogens (tertiary/aromatic N) is 2. The van der Waals surface area contributed by atoms with Crippen LogP contribution < -0.4 is 10.6 Å². The zero-order valence-electron chi connectivity index (χ0n) is 18.1. The van der Waals surface area contributed by atoms with Crippen molar-refractivity contribution in [3.63, 3.8) is 0 Å². The highest BCUT2D eigenvalue weighted by Crippen LogP contribution is 2.32. The Kier molecular flexibility index (Phi) is 9.44. The van der Waals surface area contributed by atoms with Gasteiger partial charge in [0.05, 0.1) is 5.56 Å². The highest BCUT2D eigenvalue weighted by Gasteiger charge is 2.32. The molecule has 1 aromatic rings. The second-order valence-corrected chi connectivity index (χ2v) is 8.46. The van der Waals surface area contributed by atoms with E-state index in [1.165, 1.54) is 12.1 Å². The van der Waals surface area contributed by atoms with Gasteiger partial charge in [0.25, 0.3) is 0 Å². The number of hydrogen-bond acceptors (Lipinski definition) is 2. The molecule has 1 aliphatic rings. The fourth-order valence-electron chi connectivity index (χ4n) is 3.35. The average molecular weight is 540 g/mol. The van der Waals surface area contributed by atoms with E-state index in [0.717, 1.165) is 12.5 Å². The maximum atomic E-state index is 13.0. The van der Waals surface area contributed by atoms with Crippen molar-refractivity contribution in [1.29, 1.82) is 0 Å². The van der Waals surface area contributed by atoms with Crippen molar-refractivity contribution >= 4 is 35.8 Å². The van der Waals surface area contributed by atoms with Crippen LogP contribution in [0.25, 0.3) is 0 Å². The number of amides is 1. The Morgan fingerprint density at radius 1 is 1.27 bits per heavy atom. The van der Waals surface area contributed by atoms with Gasteiger partial charge in [0.2, 0.25) is 5.91 Å². The number of alkyl halides is 3. The molecular formula is C21H32F3IN4O. The number of hydrogen-bond donors (Lipinski definition) is 2. The third-order valence-corrected chi connectivity index (χ3v) is 5.23. The Labute approximate surface area is 193 Å². The van der Waals surface area contributed by atoms with Gasteiger partial charge in [-0.05, 0) is 18.1 Å². The smallest absolute Gasteiger partial charge is 0.356 e. The monoisotopic (exact) mass is 540 g/mol. The predicted octanol–water partition coefficient (Wildman–Crippen LogP) is 4.02. The molecular weight excluding hydrogens is 508 g/mol. The van der Waals surface area contributed by atoms with Crippen LogP contribution in [0.5, 0.6) is 0 Å². The van der Waals surface area contributed by atoms with Crippen molar-refractivity contribution < 1.29 is 18.0 Å². The molecule has 2 N–H and O–H groups in total. The van der Waals surface area contributed by atoms with E-state index in [1.54, 1.807) is 13.1 Å². The standard InChI is InChI=1S/C21H31F3N4O.HI/c1-14(2)18(29)28-10-9-17(12-28)27-19(25-5)26-13-20(3,4)15-7-6-8-16(11-15)21(22,23)24;/h6-8,11,14,17H,9-10,12-13H2,1-5H3,(H2,25,26,27);1H. The Bertz CT molecular complexity index is 750. The van der Waals surface area contributed by atoms with Crippen LogP contribution in [-0.2, 0) is 16.4 Å². The third-order valence-electron chi connectivity index (χ3n) is 5.23. The van der Waals surface area contributed by atoms with Gasteiger partial charge in [-0.1, -0.05) is 45.9 Å². The predicted molar refractivity (Wildman–Crippen MR) is 124 cm³/mol. The summed E-state index contributed by atoms with van der Waals surface area (Å²) in [5, 5.41) is 6.53. The van der Waals surface area contributed by atoms with Crippen molar-refractivity contribution in [3.05, 3.63) is 35.4 Å². The minimum Gasteiger partial charge on any atom is -0.356 e. The van der Waals surface area contributed by atoms with Crippen molar-refractivity contribution in [1.82, 2.24) is 15.5 Å². The lowest BCUT2D eigenvalue weighted by molar-refractivity contribution is -0.137. The molecule has 1 aromatic carbocycles. The molecule has 0 saturated carbocycles. The van der Waals surface area contributed by atoms with E-state index in [9.17, 15) is 18.0 Å². The van der Waals surface area contributed by atoms with Crippen LogP contribution in [0.4, 0.5) is 13.2 Å². The third kappa shape index (κ3) is 7.02. The molecule has 170 valence electrons. The molecule has 1 unspecified atom stereocenters. The van der Waals surface area contributed by atoms with Crippen molar-refractivity contribution in [2.45, 2.75) is 51.7 Å². The number of aliphatic imine (C=N–C) groups is 1. The topological polar surface area (TPSA) is 56.7 Å². The van der Waals surface area contributed by atoms with Gasteiger partial charge in [-0.15, -0.1) is 24.0 Å². The second-order valence-electron chi connectivity index (χ2n) is 8.46. The summed E-state index contributed by atoms with van der Waals surface area (Å²) in [6, 6.07) is 5.52. The fraction of sp³-hybridized carbons (Fsp3) is 0.619.